The third-order valence-corrected chi connectivity index (χ3v) is 10.5. The summed E-state index contributed by atoms with van der Waals surface area (Å²) in [5.41, 5.74) is -12.5. The highest BCUT2D eigenvalue weighted by Crippen LogP contribution is 2.31. The minimum Gasteiger partial charge on any atom is -0.287 e. The van der Waals surface area contributed by atoms with Crippen LogP contribution in [0.1, 0.15) is 10.4 Å². The third kappa shape index (κ3) is 7.63. The van der Waals surface area contributed by atoms with Gasteiger partial charge in [-0.2, -0.15) is 4.57 Å². The van der Waals surface area contributed by atoms with Crippen LogP contribution in [0.15, 0.2) is 71.3 Å². The summed E-state index contributed by atoms with van der Waals surface area (Å²) < 4.78 is 297. The molecule has 0 saturated carbocycles. The number of pyridine rings is 1. The molecule has 0 N–H and O–H groups in total. The van der Waals surface area contributed by atoms with E-state index in [1.807, 2.05) is 71.4 Å². The van der Waals surface area contributed by atoms with Crippen LogP contribution in [0.5, 0.6) is 0 Å². The number of carbonyl (C=O) groups is 1. The van der Waals surface area contributed by atoms with Crippen molar-refractivity contribution in [3.05, 3.63) is 193 Å². The first-order valence-electron chi connectivity index (χ1n) is 17.3. The van der Waals surface area contributed by atoms with Crippen LogP contribution in [0, 0.1) is 116 Å². The minimum atomic E-state index is -7.22. The quantitative estimate of drug-likeness (QED) is 0.0390. The zero-order valence-electron chi connectivity index (χ0n) is 30.9. The van der Waals surface area contributed by atoms with Crippen molar-refractivity contribution in [2.24, 2.45) is 0 Å². The van der Waals surface area contributed by atoms with Crippen LogP contribution >= 0.6 is 15.9 Å². The zero-order valence-corrected chi connectivity index (χ0v) is 32.5. The average Bonchev–Trinajstić information content (AvgIpc) is 3.29. The Morgan fingerprint density at radius 3 is 1.03 bits per heavy atom. The predicted molar refractivity (Wildman–Crippen MR) is 192 cm³/mol. The van der Waals surface area contributed by atoms with Gasteiger partial charge < -0.3 is 0 Å². The fourth-order valence-corrected chi connectivity index (χ4v) is 7.47. The molecule has 0 saturated heterocycles. The van der Waals surface area contributed by atoms with E-state index in [-0.39, 0.29) is 5.78 Å². The summed E-state index contributed by atoms with van der Waals surface area (Å²) in [5.74, 6) is -71.3. The molecule has 24 heteroatoms. The Kier molecular flexibility index (Phi) is 13.2. The molecule has 2 nitrogen and oxygen atoms in total. The second-order valence-electron chi connectivity index (χ2n) is 13.4. The van der Waals surface area contributed by atoms with E-state index in [4.69, 9.17) is 0 Å². The highest BCUT2D eigenvalue weighted by Gasteiger charge is 2.52. The van der Waals surface area contributed by atoms with E-state index in [0.29, 0.717) is 6.54 Å². The Hall–Kier alpha value is -6.46. The normalized spacial score (nSPS) is 11.6. The van der Waals surface area contributed by atoms with Crippen molar-refractivity contribution >= 4 is 60.6 Å². The largest absolute Gasteiger partial charge is 0.287 e. The van der Waals surface area contributed by atoms with Crippen LogP contribution in [0.3, 0.4) is 0 Å². The number of nitrogens with zero attached hydrogens (tertiary/aromatic N) is 1. The van der Waals surface area contributed by atoms with Gasteiger partial charge >= 0.3 is 0 Å². The maximum atomic E-state index is 15.4. The molecule has 0 aliphatic rings. The van der Waals surface area contributed by atoms with Crippen molar-refractivity contribution in [2.45, 2.75) is 6.54 Å². The zero-order chi connectivity index (χ0) is 48.3. The minimum absolute atomic E-state index is 0.114. The molecule has 7 rings (SSSR count). The van der Waals surface area contributed by atoms with Crippen molar-refractivity contribution in [2.75, 3.05) is 0 Å². The van der Waals surface area contributed by atoms with Crippen LogP contribution in [0.4, 0.5) is 87.8 Å². The number of hydrogen-bond donors (Lipinski definition) is 0. The molecule has 6 aromatic carbocycles. The highest BCUT2D eigenvalue weighted by atomic mass is 79.9. The lowest BCUT2D eigenvalue weighted by molar-refractivity contribution is -0.657. The first kappa shape index (κ1) is 48.0. The number of aromatic nitrogens is 1. The van der Waals surface area contributed by atoms with Crippen LogP contribution in [-0.4, -0.2) is 11.9 Å². The van der Waals surface area contributed by atoms with Gasteiger partial charge in [0.05, 0.1) is 0 Å². The summed E-state index contributed by atoms with van der Waals surface area (Å²) in [6.45, 7) is 0.345. The van der Waals surface area contributed by atoms with Gasteiger partial charge in [-0.25, -0.2) is 87.8 Å². The molecular weight excluding hydrogens is 993 g/mol. The number of rotatable bonds is 7. The Morgan fingerprint density at radius 1 is 0.400 bits per heavy atom. The van der Waals surface area contributed by atoms with Gasteiger partial charge in [0.25, 0.3) is 0 Å². The van der Waals surface area contributed by atoms with Gasteiger partial charge in [0, 0.05) is 27.6 Å². The van der Waals surface area contributed by atoms with E-state index < -0.39 is 144 Å². The monoisotopic (exact) mass is 1000 g/mol. The number of halogens is 21. The summed E-state index contributed by atoms with van der Waals surface area (Å²) >= 11 is 3.48. The molecule has 0 amide bonds. The van der Waals surface area contributed by atoms with E-state index in [2.05, 4.69) is 15.9 Å². The highest BCUT2D eigenvalue weighted by molar-refractivity contribution is 9.10. The Bertz CT molecular complexity index is 2730. The summed E-state index contributed by atoms with van der Waals surface area (Å²) in [4.78, 5) is 12.3. The van der Waals surface area contributed by atoms with Crippen LogP contribution in [0.2, 0.25) is 0 Å². The van der Waals surface area contributed by atoms with Gasteiger partial charge in [0.2, 0.25) is 17.8 Å². The third-order valence-electron chi connectivity index (χ3n) is 9.96. The van der Waals surface area contributed by atoms with E-state index in [1.54, 1.807) is 0 Å². The van der Waals surface area contributed by atoms with Crippen molar-refractivity contribution in [1.29, 1.82) is 0 Å². The van der Waals surface area contributed by atoms with Gasteiger partial charge in [-0.3, -0.25) is 4.79 Å². The molecule has 0 bridgehead atoms. The number of Topliss-reactive ketones (excluding diaryl/α,β-unsaturated/α-hetero) is 1. The second kappa shape index (κ2) is 17.8. The standard InChI is InChI=1S/C24BF20.C17H13BrNO/c26-5-1(6(27)14(35)21(42)13(5)34)25(2-7(28)15(36)22(43)16(37)8(2)29,3-9(30)17(38)23(44)18(39)10(3)31)4-11(32)19(40)24(45)20(41)12(4)33;18-15-9-8-13-7-4-10-19(16(13)11-15)12-17(20)14-5-2-1-3-6-14/h;1-11H,12H2/q-1;+1. The second-order valence-corrected chi connectivity index (χ2v) is 14.3. The number of fused-ring (bicyclic) bond motifs is 1. The number of carbonyl (C=O) groups excluding carboxylic acids is 1. The molecule has 1 aromatic heterocycles. The SMILES string of the molecule is Fc1c(F)c(F)c([B-](c2c(F)c(F)c(F)c(F)c2F)(c2c(F)c(F)c(F)c(F)c2F)c2c(F)c(F)c(F)c(F)c2F)c(F)c1F.O=C(C[n+]1cccc2ccc(Br)cc21)c1ccccc1. The molecule has 1 heterocycles. The summed E-state index contributed by atoms with van der Waals surface area (Å²) in [6.07, 6.45) is -5.28. The molecule has 65 heavy (non-hydrogen) atoms. The number of hydrogen-bond acceptors (Lipinski definition) is 1. The molecule has 338 valence electrons. The first-order chi connectivity index (χ1) is 30.4. The topological polar surface area (TPSA) is 20.9 Å². The lowest BCUT2D eigenvalue weighted by Crippen LogP contribution is -2.81. The maximum absolute atomic E-state index is 15.4. The smallest absolute Gasteiger partial charge is 0.227 e. The van der Waals surface area contributed by atoms with E-state index in [1.165, 1.54) is 0 Å². The fraction of sp³-hybridized carbons (Fsp3) is 0.0244. The molecule has 0 atom stereocenters. The van der Waals surface area contributed by atoms with Crippen molar-refractivity contribution in [3.8, 4) is 0 Å². The van der Waals surface area contributed by atoms with E-state index >= 15 is 35.1 Å². The first-order valence-corrected chi connectivity index (χ1v) is 18.1. The van der Waals surface area contributed by atoms with Crippen LogP contribution in [-0.2, 0) is 6.54 Å². The molecule has 0 unspecified atom stereocenters. The molecule has 0 aliphatic heterocycles. The predicted octanol–water partition coefficient (Wildman–Crippen LogP) is 9.62. The molecule has 7 aromatic rings. The van der Waals surface area contributed by atoms with Crippen molar-refractivity contribution in [3.63, 3.8) is 0 Å². The Labute approximate surface area is 357 Å². The van der Waals surface area contributed by atoms with Gasteiger partial charge in [-0.05, 0) is 18.2 Å². The van der Waals surface area contributed by atoms with E-state index in [0.717, 1.165) is 20.9 Å². The fourth-order valence-electron chi connectivity index (χ4n) is 7.12. The van der Waals surface area contributed by atoms with Gasteiger partial charge in [-0.15, -0.1) is 21.9 Å². The summed E-state index contributed by atoms with van der Waals surface area (Å²) in [5, 5.41) is 1.12. The van der Waals surface area contributed by atoms with Crippen molar-refractivity contribution in [1.82, 2.24) is 0 Å². The molecular formula is C41H13BBrF20NO. The number of ketones is 1. The lowest BCUT2D eigenvalue weighted by atomic mass is 9.12. The summed E-state index contributed by atoms with van der Waals surface area (Å²) in [6, 6.07) is 19.5. The van der Waals surface area contributed by atoms with Gasteiger partial charge in [0.15, 0.2) is 76.0 Å². The van der Waals surface area contributed by atoms with E-state index in [9.17, 15) is 57.5 Å². The molecule has 0 spiro atoms. The summed E-state index contributed by atoms with van der Waals surface area (Å²) in [7, 11) is 0. The lowest BCUT2D eigenvalue weighted by Gasteiger charge is -2.44. The van der Waals surface area contributed by atoms with Crippen LogP contribution in [0.25, 0.3) is 10.9 Å². The number of benzene rings is 6. The van der Waals surface area contributed by atoms with Gasteiger partial charge in [-0.1, -0.05) is 46.3 Å². The molecule has 0 radical (unpaired) electrons. The Balaban J connectivity index is 0.000000289. The molecule has 0 fully saturated rings. The van der Waals surface area contributed by atoms with Crippen molar-refractivity contribution < 1.29 is 97.2 Å². The maximum Gasteiger partial charge on any atom is 0.227 e. The van der Waals surface area contributed by atoms with Crippen LogP contribution < -0.4 is 26.4 Å². The molecule has 0 aliphatic carbocycles. The van der Waals surface area contributed by atoms with Gasteiger partial charge in [0.1, 0.15) is 52.7 Å². The Morgan fingerprint density at radius 2 is 0.708 bits per heavy atom. The average molecular weight is 1010 g/mol.